The minimum atomic E-state index is 0.0472. The van der Waals surface area contributed by atoms with E-state index < -0.39 is 0 Å². The molecule has 0 saturated heterocycles. The summed E-state index contributed by atoms with van der Waals surface area (Å²) < 4.78 is 0. The SMILES string of the molecule is CN(Cc1ccsc1)C(=O)CSc1nn[nH]n1. The molecule has 90 valence electrons. The number of nitrogens with zero attached hydrogens (tertiary/aromatic N) is 4. The Hall–Kier alpha value is -1.41. The summed E-state index contributed by atoms with van der Waals surface area (Å²) in [5.74, 6) is 0.367. The first-order chi connectivity index (χ1) is 8.25. The third-order valence-corrected chi connectivity index (χ3v) is 3.63. The van der Waals surface area contributed by atoms with Gasteiger partial charge in [-0.15, -0.1) is 10.2 Å². The number of hydrogen-bond acceptors (Lipinski definition) is 6. The van der Waals surface area contributed by atoms with Gasteiger partial charge in [-0.3, -0.25) is 4.79 Å². The van der Waals surface area contributed by atoms with Crippen LogP contribution < -0.4 is 0 Å². The maximum absolute atomic E-state index is 11.8. The van der Waals surface area contributed by atoms with Gasteiger partial charge in [-0.05, 0) is 27.6 Å². The summed E-state index contributed by atoms with van der Waals surface area (Å²) in [4.78, 5) is 13.5. The minimum absolute atomic E-state index is 0.0472. The minimum Gasteiger partial charge on any atom is -0.341 e. The number of tetrazole rings is 1. The van der Waals surface area contributed by atoms with Crippen molar-refractivity contribution < 1.29 is 4.79 Å². The van der Waals surface area contributed by atoms with E-state index in [1.807, 2.05) is 16.8 Å². The van der Waals surface area contributed by atoms with E-state index in [1.54, 1.807) is 23.3 Å². The topological polar surface area (TPSA) is 74.8 Å². The second-order valence-electron chi connectivity index (χ2n) is 3.36. The molecule has 0 aromatic carbocycles. The first-order valence-corrected chi connectivity index (χ1v) is 6.80. The fourth-order valence-electron chi connectivity index (χ4n) is 1.19. The van der Waals surface area contributed by atoms with Crippen molar-refractivity contribution in [2.45, 2.75) is 11.7 Å². The Kier molecular flexibility index (Phi) is 4.10. The molecule has 0 aliphatic rings. The maximum Gasteiger partial charge on any atom is 0.233 e. The molecule has 6 nitrogen and oxygen atoms in total. The fourth-order valence-corrected chi connectivity index (χ4v) is 2.53. The lowest BCUT2D eigenvalue weighted by molar-refractivity contribution is -0.127. The number of thiophene rings is 1. The van der Waals surface area contributed by atoms with Gasteiger partial charge in [0, 0.05) is 13.6 Å². The maximum atomic E-state index is 11.8. The Morgan fingerprint density at radius 1 is 1.65 bits per heavy atom. The predicted molar refractivity (Wildman–Crippen MR) is 65.7 cm³/mol. The normalized spacial score (nSPS) is 10.4. The van der Waals surface area contributed by atoms with Gasteiger partial charge in [0.1, 0.15) is 0 Å². The molecule has 0 bridgehead atoms. The van der Waals surface area contributed by atoms with Gasteiger partial charge in [0.15, 0.2) is 0 Å². The predicted octanol–water partition coefficient (Wildman–Crippen LogP) is 1.01. The Morgan fingerprint density at radius 2 is 2.53 bits per heavy atom. The Balaban J connectivity index is 1.79. The first-order valence-electron chi connectivity index (χ1n) is 4.87. The summed E-state index contributed by atoms with van der Waals surface area (Å²) in [5, 5.41) is 17.8. The van der Waals surface area contributed by atoms with Gasteiger partial charge in [0.05, 0.1) is 5.75 Å². The molecule has 0 unspecified atom stereocenters. The number of aromatic nitrogens is 4. The second-order valence-corrected chi connectivity index (χ2v) is 5.09. The van der Waals surface area contributed by atoms with Crippen molar-refractivity contribution in [3.63, 3.8) is 0 Å². The molecule has 2 heterocycles. The Bertz CT molecular complexity index is 456. The second kappa shape index (κ2) is 5.78. The van der Waals surface area contributed by atoms with Crippen molar-refractivity contribution >= 4 is 29.0 Å². The van der Waals surface area contributed by atoms with Crippen LogP contribution in [-0.4, -0.2) is 44.2 Å². The summed E-state index contributed by atoms with van der Waals surface area (Å²) >= 11 is 2.90. The van der Waals surface area contributed by atoms with E-state index in [4.69, 9.17) is 0 Å². The van der Waals surface area contributed by atoms with E-state index in [9.17, 15) is 4.79 Å². The number of aromatic amines is 1. The number of carbonyl (C=O) groups is 1. The van der Waals surface area contributed by atoms with Gasteiger partial charge in [-0.1, -0.05) is 11.8 Å². The van der Waals surface area contributed by atoms with Crippen LogP contribution in [0.1, 0.15) is 5.56 Å². The average Bonchev–Trinajstić information content (AvgIpc) is 2.98. The molecule has 0 spiro atoms. The largest absolute Gasteiger partial charge is 0.341 e. The number of thioether (sulfide) groups is 1. The van der Waals surface area contributed by atoms with Crippen LogP contribution >= 0.6 is 23.1 Å². The molecule has 2 rings (SSSR count). The van der Waals surface area contributed by atoms with Crippen LogP contribution in [0.15, 0.2) is 22.0 Å². The summed E-state index contributed by atoms with van der Waals surface area (Å²) in [6.07, 6.45) is 0. The zero-order chi connectivity index (χ0) is 12.1. The lowest BCUT2D eigenvalue weighted by Gasteiger charge is -2.15. The van der Waals surface area contributed by atoms with Crippen molar-refractivity contribution in [2.24, 2.45) is 0 Å². The van der Waals surface area contributed by atoms with Crippen LogP contribution in [0.2, 0.25) is 0 Å². The molecule has 8 heteroatoms. The molecule has 2 aromatic heterocycles. The average molecular weight is 269 g/mol. The number of carbonyl (C=O) groups excluding carboxylic acids is 1. The molecule has 0 aliphatic heterocycles. The third kappa shape index (κ3) is 3.53. The van der Waals surface area contributed by atoms with Crippen LogP contribution in [0.4, 0.5) is 0 Å². The van der Waals surface area contributed by atoms with Gasteiger partial charge in [0.25, 0.3) is 0 Å². The van der Waals surface area contributed by atoms with Gasteiger partial charge in [-0.25, -0.2) is 0 Å². The lowest BCUT2D eigenvalue weighted by atomic mass is 10.3. The summed E-state index contributed by atoms with van der Waals surface area (Å²) in [5.41, 5.74) is 1.15. The molecule has 0 radical (unpaired) electrons. The van der Waals surface area contributed by atoms with Crippen molar-refractivity contribution in [2.75, 3.05) is 12.8 Å². The molecule has 1 amide bonds. The van der Waals surface area contributed by atoms with Crippen molar-refractivity contribution in [1.29, 1.82) is 0 Å². The lowest BCUT2D eigenvalue weighted by Crippen LogP contribution is -2.27. The van der Waals surface area contributed by atoms with Crippen LogP contribution in [0.3, 0.4) is 0 Å². The van der Waals surface area contributed by atoms with Gasteiger partial charge in [-0.2, -0.15) is 16.6 Å². The van der Waals surface area contributed by atoms with Crippen molar-refractivity contribution in [1.82, 2.24) is 25.5 Å². The molecule has 0 atom stereocenters. The van der Waals surface area contributed by atoms with Crippen LogP contribution in [0.5, 0.6) is 0 Å². The zero-order valence-electron chi connectivity index (χ0n) is 9.16. The molecular weight excluding hydrogens is 258 g/mol. The number of hydrogen-bond donors (Lipinski definition) is 1. The molecule has 0 aliphatic carbocycles. The van der Waals surface area contributed by atoms with Gasteiger partial charge in [0.2, 0.25) is 11.1 Å². The third-order valence-electron chi connectivity index (χ3n) is 2.08. The summed E-state index contributed by atoms with van der Waals surface area (Å²) in [6.45, 7) is 0.634. The van der Waals surface area contributed by atoms with Crippen molar-refractivity contribution in [3.05, 3.63) is 22.4 Å². The van der Waals surface area contributed by atoms with E-state index in [1.165, 1.54) is 11.8 Å². The highest BCUT2D eigenvalue weighted by molar-refractivity contribution is 7.99. The molecule has 1 N–H and O–H groups in total. The highest BCUT2D eigenvalue weighted by atomic mass is 32.2. The highest BCUT2D eigenvalue weighted by Crippen LogP contribution is 2.13. The highest BCUT2D eigenvalue weighted by Gasteiger charge is 2.11. The number of H-pyrrole nitrogens is 1. The van der Waals surface area contributed by atoms with E-state index in [0.29, 0.717) is 17.5 Å². The van der Waals surface area contributed by atoms with E-state index in [-0.39, 0.29) is 5.91 Å². The monoisotopic (exact) mass is 269 g/mol. The molecule has 0 saturated carbocycles. The zero-order valence-corrected chi connectivity index (χ0v) is 10.8. The summed E-state index contributed by atoms with van der Waals surface area (Å²) in [7, 11) is 1.79. The van der Waals surface area contributed by atoms with Crippen LogP contribution in [0.25, 0.3) is 0 Å². The van der Waals surface area contributed by atoms with E-state index >= 15 is 0 Å². The first kappa shape index (κ1) is 12.1. The Labute approximate surface area is 106 Å². The summed E-state index contributed by atoms with van der Waals surface area (Å²) in [6, 6.07) is 2.01. The molecule has 17 heavy (non-hydrogen) atoms. The molecule has 2 aromatic rings. The standard InChI is InChI=1S/C9H11N5OS2/c1-14(4-7-2-3-16-5-7)8(15)6-17-9-10-12-13-11-9/h2-3,5H,4,6H2,1H3,(H,10,11,12,13). The van der Waals surface area contributed by atoms with Crippen molar-refractivity contribution in [3.8, 4) is 0 Å². The number of rotatable bonds is 5. The Morgan fingerprint density at radius 3 is 3.18 bits per heavy atom. The van der Waals surface area contributed by atoms with Gasteiger partial charge < -0.3 is 4.90 Å². The van der Waals surface area contributed by atoms with E-state index in [0.717, 1.165) is 5.56 Å². The van der Waals surface area contributed by atoms with E-state index in [2.05, 4.69) is 20.6 Å². The number of amides is 1. The number of nitrogens with one attached hydrogen (secondary N) is 1. The fraction of sp³-hybridized carbons (Fsp3) is 0.333. The van der Waals surface area contributed by atoms with Crippen LogP contribution in [-0.2, 0) is 11.3 Å². The van der Waals surface area contributed by atoms with Crippen LogP contribution in [0, 0.1) is 0 Å². The van der Waals surface area contributed by atoms with Gasteiger partial charge >= 0.3 is 0 Å². The molecule has 0 fully saturated rings. The molecular formula is C9H11N5OS2. The quantitative estimate of drug-likeness (QED) is 0.820. The smallest absolute Gasteiger partial charge is 0.233 e.